The Hall–Kier alpha value is -0.650. The summed E-state index contributed by atoms with van der Waals surface area (Å²) in [6, 6.07) is -0.428. The molecule has 5 N–H and O–H groups in total. The standard InChI is InChI=1S/C10H23N3O2/c1-4-15-6-9(7(2)3)13-5-8(11)10(12)14/h7-9,13H,4-6,11H2,1-3H3,(H2,12,14). The van der Waals surface area contributed by atoms with Crippen LogP contribution in [-0.2, 0) is 9.53 Å². The molecule has 0 fully saturated rings. The Labute approximate surface area is 91.5 Å². The van der Waals surface area contributed by atoms with Crippen molar-refractivity contribution in [2.75, 3.05) is 19.8 Å². The lowest BCUT2D eigenvalue weighted by Crippen LogP contribution is -2.49. The van der Waals surface area contributed by atoms with Crippen LogP contribution in [0.15, 0.2) is 0 Å². The lowest BCUT2D eigenvalue weighted by Gasteiger charge is -2.23. The van der Waals surface area contributed by atoms with Crippen molar-refractivity contribution < 1.29 is 9.53 Å². The van der Waals surface area contributed by atoms with E-state index in [1.54, 1.807) is 0 Å². The summed E-state index contributed by atoms with van der Waals surface area (Å²) in [7, 11) is 0. The van der Waals surface area contributed by atoms with Crippen molar-refractivity contribution in [1.29, 1.82) is 0 Å². The number of ether oxygens (including phenoxy) is 1. The summed E-state index contributed by atoms with van der Waals surface area (Å²) in [5.41, 5.74) is 10.6. The molecular weight excluding hydrogens is 194 g/mol. The van der Waals surface area contributed by atoms with E-state index in [1.165, 1.54) is 0 Å². The van der Waals surface area contributed by atoms with Gasteiger partial charge >= 0.3 is 0 Å². The van der Waals surface area contributed by atoms with Crippen LogP contribution in [0.1, 0.15) is 20.8 Å². The maximum Gasteiger partial charge on any atom is 0.235 e. The molecule has 90 valence electrons. The van der Waals surface area contributed by atoms with Gasteiger partial charge in [-0.15, -0.1) is 0 Å². The second-order valence-electron chi connectivity index (χ2n) is 3.93. The smallest absolute Gasteiger partial charge is 0.235 e. The van der Waals surface area contributed by atoms with Gasteiger partial charge in [0.2, 0.25) is 5.91 Å². The molecular formula is C10H23N3O2. The Morgan fingerprint density at radius 2 is 2.07 bits per heavy atom. The second kappa shape index (κ2) is 7.62. The minimum absolute atomic E-state index is 0.204. The van der Waals surface area contributed by atoms with Gasteiger partial charge in [-0.25, -0.2) is 0 Å². The van der Waals surface area contributed by atoms with Crippen molar-refractivity contribution in [3.05, 3.63) is 0 Å². The van der Waals surface area contributed by atoms with Gasteiger partial charge < -0.3 is 21.5 Å². The Kier molecular flexibility index (Phi) is 7.29. The van der Waals surface area contributed by atoms with Gasteiger partial charge in [0.25, 0.3) is 0 Å². The number of carbonyl (C=O) groups is 1. The average Bonchev–Trinajstić information content (AvgIpc) is 2.16. The maximum atomic E-state index is 10.7. The molecule has 2 unspecified atom stereocenters. The number of hydrogen-bond donors (Lipinski definition) is 3. The number of primary amides is 1. The number of nitrogens with two attached hydrogens (primary N) is 2. The van der Waals surface area contributed by atoms with E-state index in [1.807, 2.05) is 6.92 Å². The van der Waals surface area contributed by atoms with Crippen LogP contribution in [0, 0.1) is 5.92 Å². The number of rotatable bonds is 8. The molecule has 2 atom stereocenters. The molecule has 15 heavy (non-hydrogen) atoms. The summed E-state index contributed by atoms with van der Waals surface area (Å²) in [5.74, 6) is -0.0574. The molecule has 0 radical (unpaired) electrons. The lowest BCUT2D eigenvalue weighted by atomic mass is 10.1. The first-order valence-corrected chi connectivity index (χ1v) is 5.35. The van der Waals surface area contributed by atoms with Crippen LogP contribution >= 0.6 is 0 Å². The van der Waals surface area contributed by atoms with Crippen molar-refractivity contribution in [1.82, 2.24) is 5.32 Å². The van der Waals surface area contributed by atoms with Gasteiger partial charge in [0, 0.05) is 19.2 Å². The Bertz CT molecular complexity index is 186. The topological polar surface area (TPSA) is 90.4 Å². The molecule has 0 aromatic carbocycles. The van der Waals surface area contributed by atoms with Crippen LogP contribution < -0.4 is 16.8 Å². The fourth-order valence-electron chi connectivity index (χ4n) is 1.11. The summed E-state index contributed by atoms with van der Waals surface area (Å²) in [4.78, 5) is 10.7. The van der Waals surface area contributed by atoms with Gasteiger partial charge in [0.05, 0.1) is 12.6 Å². The largest absolute Gasteiger partial charge is 0.380 e. The van der Waals surface area contributed by atoms with E-state index in [-0.39, 0.29) is 6.04 Å². The van der Waals surface area contributed by atoms with E-state index in [9.17, 15) is 4.79 Å². The SMILES string of the molecule is CCOCC(NCC(N)C(N)=O)C(C)C. The molecule has 0 aliphatic carbocycles. The second-order valence-corrected chi connectivity index (χ2v) is 3.93. The van der Waals surface area contributed by atoms with E-state index in [0.717, 1.165) is 0 Å². The molecule has 0 heterocycles. The first-order chi connectivity index (χ1) is 6.99. The van der Waals surface area contributed by atoms with Crippen LogP contribution in [0.25, 0.3) is 0 Å². The van der Waals surface area contributed by atoms with E-state index in [2.05, 4.69) is 19.2 Å². The van der Waals surface area contributed by atoms with Crippen molar-refractivity contribution in [2.45, 2.75) is 32.9 Å². The van der Waals surface area contributed by atoms with Crippen molar-refractivity contribution in [3.8, 4) is 0 Å². The number of amides is 1. The molecule has 0 aliphatic heterocycles. The summed E-state index contributed by atoms with van der Waals surface area (Å²) in [6.07, 6.45) is 0. The molecule has 0 saturated heterocycles. The molecule has 0 spiro atoms. The van der Waals surface area contributed by atoms with E-state index < -0.39 is 11.9 Å². The van der Waals surface area contributed by atoms with Gasteiger partial charge in [-0.3, -0.25) is 4.79 Å². The van der Waals surface area contributed by atoms with Gasteiger partial charge in [0.1, 0.15) is 0 Å². The van der Waals surface area contributed by atoms with Crippen molar-refractivity contribution in [2.24, 2.45) is 17.4 Å². The van der Waals surface area contributed by atoms with E-state index >= 15 is 0 Å². The van der Waals surface area contributed by atoms with Crippen LogP contribution in [0.4, 0.5) is 0 Å². The fraction of sp³-hybridized carbons (Fsp3) is 0.900. The minimum Gasteiger partial charge on any atom is -0.380 e. The Morgan fingerprint density at radius 1 is 1.47 bits per heavy atom. The third-order valence-electron chi connectivity index (χ3n) is 2.27. The lowest BCUT2D eigenvalue weighted by molar-refractivity contribution is -0.119. The Balaban J connectivity index is 3.90. The highest BCUT2D eigenvalue weighted by Gasteiger charge is 2.16. The van der Waals surface area contributed by atoms with Gasteiger partial charge in [0.15, 0.2) is 0 Å². The minimum atomic E-state index is -0.632. The third kappa shape index (κ3) is 6.43. The van der Waals surface area contributed by atoms with Gasteiger partial charge in [-0.2, -0.15) is 0 Å². The summed E-state index contributed by atoms with van der Waals surface area (Å²) >= 11 is 0. The zero-order chi connectivity index (χ0) is 11.8. The van der Waals surface area contributed by atoms with Crippen molar-refractivity contribution >= 4 is 5.91 Å². The van der Waals surface area contributed by atoms with E-state index in [4.69, 9.17) is 16.2 Å². The third-order valence-corrected chi connectivity index (χ3v) is 2.27. The first kappa shape index (κ1) is 14.3. The van der Waals surface area contributed by atoms with Crippen LogP contribution in [0.2, 0.25) is 0 Å². The highest BCUT2D eigenvalue weighted by molar-refractivity contribution is 5.79. The summed E-state index contributed by atoms with van der Waals surface area (Å²) < 4.78 is 5.33. The Morgan fingerprint density at radius 3 is 2.47 bits per heavy atom. The highest BCUT2D eigenvalue weighted by atomic mass is 16.5. The fourth-order valence-corrected chi connectivity index (χ4v) is 1.11. The summed E-state index contributed by atoms with van der Waals surface area (Å²) in [6.45, 7) is 7.84. The summed E-state index contributed by atoms with van der Waals surface area (Å²) in [5, 5.41) is 3.18. The zero-order valence-electron chi connectivity index (χ0n) is 9.82. The number of hydrogen-bond acceptors (Lipinski definition) is 4. The van der Waals surface area contributed by atoms with Crippen LogP contribution in [-0.4, -0.2) is 37.7 Å². The molecule has 5 nitrogen and oxygen atoms in total. The molecule has 5 heteroatoms. The quantitative estimate of drug-likeness (QED) is 0.509. The average molecular weight is 217 g/mol. The molecule has 0 aliphatic rings. The van der Waals surface area contributed by atoms with Crippen LogP contribution in [0.3, 0.4) is 0 Å². The number of nitrogens with one attached hydrogen (secondary N) is 1. The van der Waals surface area contributed by atoms with E-state index in [0.29, 0.717) is 25.7 Å². The normalized spacial score (nSPS) is 15.3. The molecule has 1 amide bonds. The molecule has 0 aromatic rings. The molecule has 0 rings (SSSR count). The molecule has 0 saturated carbocycles. The van der Waals surface area contributed by atoms with Crippen molar-refractivity contribution in [3.63, 3.8) is 0 Å². The number of carbonyl (C=O) groups excluding carboxylic acids is 1. The first-order valence-electron chi connectivity index (χ1n) is 5.35. The van der Waals surface area contributed by atoms with Gasteiger partial charge in [-0.05, 0) is 12.8 Å². The zero-order valence-corrected chi connectivity index (χ0v) is 9.82. The van der Waals surface area contributed by atoms with Crippen LogP contribution in [0.5, 0.6) is 0 Å². The predicted octanol–water partition coefficient (Wildman–Crippen LogP) is -0.550. The molecule has 0 bridgehead atoms. The monoisotopic (exact) mass is 217 g/mol. The highest BCUT2D eigenvalue weighted by Crippen LogP contribution is 2.01. The molecule has 0 aromatic heterocycles. The van der Waals surface area contributed by atoms with Gasteiger partial charge in [-0.1, -0.05) is 13.8 Å². The predicted molar refractivity (Wildman–Crippen MR) is 60.3 cm³/mol. The maximum absolute atomic E-state index is 10.7.